The SMILES string of the molecule is CCOc1cc(-c2ccc(C(=O)O)cc2)cc2c1C(C)(C)C(=Nc1ccccc1)CC2(C)C. The summed E-state index contributed by atoms with van der Waals surface area (Å²) < 4.78 is 6.21. The summed E-state index contributed by atoms with van der Waals surface area (Å²) >= 11 is 0. The predicted octanol–water partition coefficient (Wildman–Crippen LogP) is 7.18. The van der Waals surface area contributed by atoms with E-state index in [0.29, 0.717) is 6.61 Å². The molecule has 1 aliphatic rings. The Kier molecular flexibility index (Phi) is 5.87. The number of carbonyl (C=O) groups is 1. The van der Waals surface area contributed by atoms with E-state index in [0.717, 1.165) is 34.7 Å². The molecule has 0 aliphatic heterocycles. The number of para-hydroxylation sites is 1. The second kappa shape index (κ2) is 8.51. The summed E-state index contributed by atoms with van der Waals surface area (Å²) in [5.41, 5.74) is 6.40. The largest absolute Gasteiger partial charge is 0.494 e. The molecule has 4 heteroatoms. The second-order valence-corrected chi connectivity index (χ2v) is 9.79. The fraction of sp³-hybridized carbons (Fsp3) is 0.310. The lowest BCUT2D eigenvalue weighted by atomic mass is 9.61. The number of rotatable bonds is 5. The van der Waals surface area contributed by atoms with Crippen LogP contribution < -0.4 is 4.74 Å². The van der Waals surface area contributed by atoms with Gasteiger partial charge >= 0.3 is 5.97 Å². The average Bonchev–Trinajstić information content (AvgIpc) is 2.78. The van der Waals surface area contributed by atoms with E-state index in [1.165, 1.54) is 11.1 Å². The summed E-state index contributed by atoms with van der Waals surface area (Å²) in [5, 5.41) is 9.24. The Balaban J connectivity index is 1.90. The standard InChI is InChI=1S/C29H31NO3/c1-6-33-24-17-21(19-12-14-20(15-13-19)27(31)32)16-23-26(24)29(4,5)25(18-28(23,2)3)30-22-10-8-7-9-11-22/h7-17H,6,18H2,1-5H3,(H,31,32). The van der Waals surface area contributed by atoms with Crippen molar-refractivity contribution >= 4 is 17.4 Å². The third kappa shape index (κ3) is 4.30. The molecule has 3 aromatic carbocycles. The summed E-state index contributed by atoms with van der Waals surface area (Å²) in [4.78, 5) is 16.3. The van der Waals surface area contributed by atoms with Gasteiger partial charge in [0.2, 0.25) is 0 Å². The van der Waals surface area contributed by atoms with Crippen molar-refractivity contribution in [3.05, 3.63) is 83.4 Å². The first-order valence-corrected chi connectivity index (χ1v) is 11.4. The summed E-state index contributed by atoms with van der Waals surface area (Å²) in [6.07, 6.45) is 0.842. The molecule has 0 atom stereocenters. The van der Waals surface area contributed by atoms with Crippen LogP contribution in [0, 0.1) is 0 Å². The normalized spacial score (nSPS) is 17.4. The Morgan fingerprint density at radius 3 is 2.24 bits per heavy atom. The zero-order chi connectivity index (χ0) is 23.8. The monoisotopic (exact) mass is 441 g/mol. The molecule has 1 aliphatic carbocycles. The van der Waals surface area contributed by atoms with E-state index in [2.05, 4.69) is 39.8 Å². The van der Waals surface area contributed by atoms with Crippen LogP contribution in [-0.4, -0.2) is 23.4 Å². The molecule has 1 N–H and O–H groups in total. The number of carboxylic acids is 1. The number of aromatic carboxylic acids is 1. The van der Waals surface area contributed by atoms with Crippen LogP contribution in [0.4, 0.5) is 5.69 Å². The summed E-state index contributed by atoms with van der Waals surface area (Å²) in [5.74, 6) is -0.0547. The van der Waals surface area contributed by atoms with Gasteiger partial charge in [-0.15, -0.1) is 0 Å². The van der Waals surface area contributed by atoms with E-state index in [4.69, 9.17) is 9.73 Å². The van der Waals surface area contributed by atoms with Crippen molar-refractivity contribution in [3.63, 3.8) is 0 Å². The number of carboxylic acid groups (broad SMARTS) is 1. The van der Waals surface area contributed by atoms with E-state index < -0.39 is 5.97 Å². The van der Waals surface area contributed by atoms with E-state index in [9.17, 15) is 9.90 Å². The number of hydrogen-bond donors (Lipinski definition) is 1. The van der Waals surface area contributed by atoms with Gasteiger partial charge in [-0.1, -0.05) is 64.1 Å². The van der Waals surface area contributed by atoms with Crippen molar-refractivity contribution in [2.24, 2.45) is 4.99 Å². The number of hydrogen-bond acceptors (Lipinski definition) is 3. The maximum Gasteiger partial charge on any atom is 0.335 e. The molecule has 0 bridgehead atoms. The maximum atomic E-state index is 11.3. The van der Waals surface area contributed by atoms with Gasteiger partial charge in [0.05, 0.1) is 17.9 Å². The number of nitrogens with zero attached hydrogens (tertiary/aromatic N) is 1. The van der Waals surface area contributed by atoms with Gasteiger partial charge in [0.15, 0.2) is 0 Å². The Morgan fingerprint density at radius 1 is 0.970 bits per heavy atom. The molecule has 4 rings (SSSR count). The van der Waals surface area contributed by atoms with Gasteiger partial charge in [0, 0.05) is 16.7 Å². The molecular weight excluding hydrogens is 410 g/mol. The highest BCUT2D eigenvalue weighted by atomic mass is 16.5. The lowest BCUT2D eigenvalue weighted by Gasteiger charge is -2.44. The highest BCUT2D eigenvalue weighted by Crippen LogP contribution is 2.50. The first-order valence-electron chi connectivity index (χ1n) is 11.4. The predicted molar refractivity (Wildman–Crippen MR) is 134 cm³/mol. The number of ether oxygens (including phenoxy) is 1. The molecule has 0 fully saturated rings. The topological polar surface area (TPSA) is 58.9 Å². The summed E-state index contributed by atoms with van der Waals surface area (Å²) in [7, 11) is 0. The van der Waals surface area contributed by atoms with Gasteiger partial charge in [-0.25, -0.2) is 4.79 Å². The van der Waals surface area contributed by atoms with Crippen LogP contribution in [0.25, 0.3) is 11.1 Å². The Morgan fingerprint density at radius 2 is 1.64 bits per heavy atom. The fourth-order valence-corrected chi connectivity index (χ4v) is 4.75. The first-order chi connectivity index (χ1) is 15.6. The summed E-state index contributed by atoms with van der Waals surface area (Å²) in [6.45, 7) is 11.5. The van der Waals surface area contributed by atoms with Crippen LogP contribution >= 0.6 is 0 Å². The van der Waals surface area contributed by atoms with Crippen LogP contribution in [-0.2, 0) is 10.8 Å². The molecule has 170 valence electrons. The quantitative estimate of drug-likeness (QED) is 0.456. The van der Waals surface area contributed by atoms with Crippen LogP contribution in [0.5, 0.6) is 5.75 Å². The molecule has 4 nitrogen and oxygen atoms in total. The molecule has 0 radical (unpaired) electrons. The summed E-state index contributed by atoms with van der Waals surface area (Å²) in [6, 6.07) is 21.5. The molecule has 0 saturated carbocycles. The molecule has 0 saturated heterocycles. The van der Waals surface area contributed by atoms with Crippen molar-refractivity contribution in [1.82, 2.24) is 0 Å². The number of fused-ring (bicyclic) bond motifs is 1. The van der Waals surface area contributed by atoms with E-state index >= 15 is 0 Å². The molecule has 0 unspecified atom stereocenters. The zero-order valence-corrected chi connectivity index (χ0v) is 20.0. The molecule has 0 amide bonds. The van der Waals surface area contributed by atoms with Crippen LogP contribution in [0.2, 0.25) is 0 Å². The van der Waals surface area contributed by atoms with Crippen molar-refractivity contribution in [2.45, 2.75) is 51.9 Å². The van der Waals surface area contributed by atoms with Gasteiger partial charge in [-0.2, -0.15) is 0 Å². The van der Waals surface area contributed by atoms with Gasteiger partial charge in [0.1, 0.15) is 5.75 Å². The Hall–Kier alpha value is -3.40. The van der Waals surface area contributed by atoms with E-state index in [1.807, 2.05) is 49.4 Å². The smallest absolute Gasteiger partial charge is 0.335 e. The number of benzene rings is 3. The van der Waals surface area contributed by atoms with Gasteiger partial charge in [-0.3, -0.25) is 4.99 Å². The van der Waals surface area contributed by atoms with Crippen LogP contribution in [0.3, 0.4) is 0 Å². The van der Waals surface area contributed by atoms with Crippen molar-refractivity contribution in [1.29, 1.82) is 0 Å². The molecule has 0 aromatic heterocycles. The minimum atomic E-state index is -0.921. The average molecular weight is 442 g/mol. The number of aliphatic imine (C=N–C) groups is 1. The van der Waals surface area contributed by atoms with Gasteiger partial charge in [0.25, 0.3) is 0 Å². The van der Waals surface area contributed by atoms with Gasteiger partial charge in [-0.05, 0) is 65.8 Å². The second-order valence-electron chi connectivity index (χ2n) is 9.79. The van der Waals surface area contributed by atoms with Crippen LogP contribution in [0.15, 0.2) is 71.7 Å². The third-order valence-corrected chi connectivity index (χ3v) is 6.57. The molecule has 33 heavy (non-hydrogen) atoms. The minimum absolute atomic E-state index is 0.138. The van der Waals surface area contributed by atoms with Crippen molar-refractivity contribution < 1.29 is 14.6 Å². The first kappa shape index (κ1) is 22.8. The highest BCUT2D eigenvalue weighted by molar-refractivity contribution is 6.00. The minimum Gasteiger partial charge on any atom is -0.494 e. The van der Waals surface area contributed by atoms with Gasteiger partial charge < -0.3 is 9.84 Å². The van der Waals surface area contributed by atoms with Crippen LogP contribution in [0.1, 0.15) is 62.5 Å². The zero-order valence-electron chi connectivity index (χ0n) is 20.0. The highest BCUT2D eigenvalue weighted by Gasteiger charge is 2.44. The van der Waals surface area contributed by atoms with Crippen molar-refractivity contribution in [3.8, 4) is 16.9 Å². The lowest BCUT2D eigenvalue weighted by Crippen LogP contribution is -2.42. The molecule has 0 heterocycles. The fourth-order valence-electron chi connectivity index (χ4n) is 4.75. The lowest BCUT2D eigenvalue weighted by molar-refractivity contribution is 0.0697. The van der Waals surface area contributed by atoms with Crippen molar-refractivity contribution in [2.75, 3.05) is 6.61 Å². The Bertz CT molecular complexity index is 1210. The van der Waals surface area contributed by atoms with E-state index in [1.54, 1.807) is 12.1 Å². The molecular formula is C29H31NO3. The third-order valence-electron chi connectivity index (χ3n) is 6.57. The molecule has 0 spiro atoms. The van der Waals surface area contributed by atoms with E-state index in [-0.39, 0.29) is 16.4 Å². The Labute approximate surface area is 196 Å². The maximum absolute atomic E-state index is 11.3. The molecule has 3 aromatic rings.